The van der Waals surface area contributed by atoms with Crippen molar-refractivity contribution in [2.45, 2.75) is 25.8 Å². The summed E-state index contributed by atoms with van der Waals surface area (Å²) in [6.45, 7) is 2.19. The van der Waals surface area contributed by atoms with Crippen LogP contribution in [0.25, 0.3) is 0 Å². The number of hydrogen-bond acceptors (Lipinski definition) is 2. The number of unbranched alkanes of at least 4 members (excludes halogenated alkanes) is 1. The fraction of sp³-hybridized carbons (Fsp3) is 0.250. The van der Waals surface area contributed by atoms with Gasteiger partial charge in [-0.15, -0.1) is 0 Å². The van der Waals surface area contributed by atoms with E-state index in [-0.39, 0.29) is 0 Å². The maximum Gasteiger partial charge on any atom is 0.444 e. The highest BCUT2D eigenvalue weighted by atomic mass is 28.3. The van der Waals surface area contributed by atoms with Crippen molar-refractivity contribution in [3.05, 3.63) is 60.7 Å². The van der Waals surface area contributed by atoms with Gasteiger partial charge in [0.2, 0.25) is 0 Å². The van der Waals surface area contributed by atoms with Crippen molar-refractivity contribution < 1.29 is 8.85 Å². The second-order valence-corrected chi connectivity index (χ2v) is 6.34. The average Bonchev–Trinajstić information content (AvgIpc) is 2.47. The molecule has 0 aromatic heterocycles. The van der Waals surface area contributed by atoms with Crippen LogP contribution in [0, 0.1) is 0 Å². The van der Waals surface area contributed by atoms with E-state index >= 15 is 0 Å². The summed E-state index contributed by atoms with van der Waals surface area (Å²) >= 11 is 0. The van der Waals surface area contributed by atoms with Gasteiger partial charge in [0.25, 0.3) is 0 Å². The van der Waals surface area contributed by atoms with Crippen LogP contribution in [0.15, 0.2) is 60.7 Å². The molecule has 0 unspecified atom stereocenters. The quantitative estimate of drug-likeness (QED) is 0.704. The van der Waals surface area contributed by atoms with E-state index < -0.39 is 9.28 Å². The maximum atomic E-state index is 6.04. The van der Waals surface area contributed by atoms with Gasteiger partial charge in [0, 0.05) is 6.04 Å². The van der Waals surface area contributed by atoms with E-state index in [4.69, 9.17) is 8.85 Å². The SMILES string of the molecule is CCCC[SiH](Oc1ccccc1)Oc1ccccc1. The van der Waals surface area contributed by atoms with Gasteiger partial charge in [0.15, 0.2) is 0 Å². The van der Waals surface area contributed by atoms with E-state index in [1.807, 2.05) is 60.7 Å². The van der Waals surface area contributed by atoms with E-state index in [0.717, 1.165) is 24.0 Å². The summed E-state index contributed by atoms with van der Waals surface area (Å²) in [5, 5.41) is 0. The first-order valence-electron chi connectivity index (χ1n) is 6.82. The highest BCUT2D eigenvalue weighted by Gasteiger charge is 2.16. The molecular weight excluding hydrogens is 252 g/mol. The van der Waals surface area contributed by atoms with Crippen LogP contribution < -0.4 is 8.85 Å². The molecule has 0 N–H and O–H groups in total. The zero-order valence-electron chi connectivity index (χ0n) is 11.3. The topological polar surface area (TPSA) is 18.5 Å². The van der Waals surface area contributed by atoms with Gasteiger partial charge in [0.05, 0.1) is 0 Å². The summed E-state index contributed by atoms with van der Waals surface area (Å²) in [4.78, 5) is 0. The number of para-hydroxylation sites is 2. The van der Waals surface area contributed by atoms with Gasteiger partial charge in [-0.2, -0.15) is 0 Å². The lowest BCUT2D eigenvalue weighted by Gasteiger charge is -2.18. The van der Waals surface area contributed by atoms with Gasteiger partial charge < -0.3 is 8.85 Å². The lowest BCUT2D eigenvalue weighted by Crippen LogP contribution is -2.29. The molecule has 2 aromatic rings. The third-order valence-electron chi connectivity index (χ3n) is 2.81. The zero-order valence-corrected chi connectivity index (χ0v) is 12.4. The van der Waals surface area contributed by atoms with E-state index in [1.165, 1.54) is 6.42 Å². The molecule has 0 bridgehead atoms. The molecule has 0 atom stereocenters. The van der Waals surface area contributed by atoms with Crippen molar-refractivity contribution in [3.63, 3.8) is 0 Å². The van der Waals surface area contributed by atoms with Gasteiger partial charge in [-0.05, 0) is 30.7 Å². The van der Waals surface area contributed by atoms with E-state index in [0.29, 0.717) is 0 Å². The molecule has 0 amide bonds. The second-order valence-electron chi connectivity index (χ2n) is 4.43. The minimum absolute atomic E-state index is 0.909. The van der Waals surface area contributed by atoms with Gasteiger partial charge in [-0.25, -0.2) is 0 Å². The molecule has 2 aromatic carbocycles. The Bertz CT molecular complexity index is 417. The van der Waals surface area contributed by atoms with Crippen LogP contribution in [0.4, 0.5) is 0 Å². The fourth-order valence-corrected chi connectivity index (χ4v) is 3.76. The summed E-state index contributed by atoms with van der Waals surface area (Å²) < 4.78 is 12.1. The lowest BCUT2D eigenvalue weighted by molar-refractivity contribution is 0.418. The van der Waals surface area contributed by atoms with Crippen molar-refractivity contribution in [1.82, 2.24) is 0 Å². The lowest BCUT2D eigenvalue weighted by atomic mass is 10.3. The van der Waals surface area contributed by atoms with Gasteiger partial charge in [-0.1, -0.05) is 49.7 Å². The molecule has 0 heterocycles. The Labute approximate surface area is 116 Å². The van der Waals surface area contributed by atoms with Crippen LogP contribution in [0.3, 0.4) is 0 Å². The number of hydrogen-bond donors (Lipinski definition) is 0. The highest BCUT2D eigenvalue weighted by molar-refractivity contribution is 6.46. The Kier molecular flexibility index (Phi) is 5.50. The first kappa shape index (κ1) is 13.7. The van der Waals surface area contributed by atoms with Gasteiger partial charge in [-0.3, -0.25) is 0 Å². The Hall–Kier alpha value is -1.74. The first-order chi connectivity index (χ1) is 9.38. The molecule has 0 fully saturated rings. The normalized spacial score (nSPS) is 10.4. The van der Waals surface area contributed by atoms with Crippen molar-refractivity contribution in [2.24, 2.45) is 0 Å². The summed E-state index contributed by atoms with van der Waals surface area (Å²) in [7, 11) is -1.70. The molecule has 2 nitrogen and oxygen atoms in total. The number of benzene rings is 2. The van der Waals surface area contributed by atoms with Crippen molar-refractivity contribution in [2.75, 3.05) is 0 Å². The molecule has 0 aliphatic carbocycles. The summed E-state index contributed by atoms with van der Waals surface area (Å²) in [6.07, 6.45) is 2.32. The molecule has 100 valence electrons. The predicted molar refractivity (Wildman–Crippen MR) is 81.0 cm³/mol. The monoisotopic (exact) mass is 272 g/mol. The molecule has 19 heavy (non-hydrogen) atoms. The Morgan fingerprint density at radius 3 is 1.68 bits per heavy atom. The van der Waals surface area contributed by atoms with Crippen LogP contribution in [0.2, 0.25) is 6.04 Å². The molecule has 3 heteroatoms. The third kappa shape index (κ3) is 4.79. The zero-order chi connectivity index (χ0) is 13.3. The van der Waals surface area contributed by atoms with E-state index in [1.54, 1.807) is 0 Å². The van der Waals surface area contributed by atoms with E-state index in [2.05, 4.69) is 6.92 Å². The summed E-state index contributed by atoms with van der Waals surface area (Å²) in [5.74, 6) is 1.82. The van der Waals surface area contributed by atoms with Gasteiger partial charge in [0.1, 0.15) is 11.5 Å². The molecule has 0 saturated carbocycles. The van der Waals surface area contributed by atoms with Crippen LogP contribution >= 0.6 is 0 Å². The van der Waals surface area contributed by atoms with Crippen LogP contribution in [0.1, 0.15) is 19.8 Å². The van der Waals surface area contributed by atoms with Crippen molar-refractivity contribution in [1.29, 1.82) is 0 Å². The van der Waals surface area contributed by atoms with Crippen LogP contribution in [-0.4, -0.2) is 9.28 Å². The Morgan fingerprint density at radius 2 is 1.26 bits per heavy atom. The molecular formula is C16H20O2Si. The number of rotatable bonds is 7. The smallest absolute Gasteiger partial charge is 0.444 e. The Balaban J connectivity index is 1.99. The second kappa shape index (κ2) is 7.64. The fourth-order valence-electron chi connectivity index (χ4n) is 1.81. The molecule has 2 rings (SSSR count). The Morgan fingerprint density at radius 1 is 0.789 bits per heavy atom. The van der Waals surface area contributed by atoms with Crippen molar-refractivity contribution in [3.8, 4) is 11.5 Å². The standard InChI is InChI=1S/C16H20O2Si/c1-2-3-14-19(17-15-10-6-4-7-11-15)18-16-12-8-5-9-13-16/h4-13,19H,2-3,14H2,1H3. The maximum absolute atomic E-state index is 6.04. The molecule has 0 radical (unpaired) electrons. The van der Waals surface area contributed by atoms with Gasteiger partial charge >= 0.3 is 9.28 Å². The van der Waals surface area contributed by atoms with Crippen molar-refractivity contribution >= 4 is 9.28 Å². The minimum Gasteiger partial charge on any atom is -0.514 e. The summed E-state index contributed by atoms with van der Waals surface area (Å²) in [6, 6.07) is 20.9. The first-order valence-corrected chi connectivity index (χ1v) is 8.58. The largest absolute Gasteiger partial charge is 0.514 e. The minimum atomic E-state index is -1.70. The third-order valence-corrected chi connectivity index (χ3v) is 4.76. The van der Waals surface area contributed by atoms with Crippen LogP contribution in [-0.2, 0) is 0 Å². The molecule has 0 aliphatic rings. The molecule has 0 spiro atoms. The highest BCUT2D eigenvalue weighted by Crippen LogP contribution is 2.17. The molecule has 0 aliphatic heterocycles. The average molecular weight is 272 g/mol. The van der Waals surface area contributed by atoms with E-state index in [9.17, 15) is 0 Å². The predicted octanol–water partition coefficient (Wildman–Crippen LogP) is 4.17. The molecule has 0 saturated heterocycles. The van der Waals surface area contributed by atoms with Crippen LogP contribution in [0.5, 0.6) is 11.5 Å². The summed E-state index contributed by atoms with van der Waals surface area (Å²) in [5.41, 5.74) is 0.